The fourth-order valence-corrected chi connectivity index (χ4v) is 2.30. The van der Waals surface area contributed by atoms with Crippen molar-refractivity contribution in [2.45, 2.75) is 45.1 Å². The smallest absolute Gasteiger partial charge is 0.305 e. The van der Waals surface area contributed by atoms with Crippen molar-refractivity contribution in [3.8, 4) is 0 Å². The summed E-state index contributed by atoms with van der Waals surface area (Å²) in [6.07, 6.45) is 8.42. The average Bonchev–Trinajstić information content (AvgIpc) is 2.55. The quantitative estimate of drug-likeness (QED) is 0.506. The van der Waals surface area contributed by atoms with Gasteiger partial charge in [-0.25, -0.2) is 9.97 Å². The highest BCUT2D eigenvalue weighted by Crippen LogP contribution is 2.24. The molecule has 0 radical (unpaired) electrons. The van der Waals surface area contributed by atoms with Gasteiger partial charge in [-0.15, -0.1) is 0 Å². The molecule has 1 heterocycles. The first kappa shape index (κ1) is 12.7. The summed E-state index contributed by atoms with van der Waals surface area (Å²) in [6, 6.07) is 0.386. The van der Waals surface area contributed by atoms with Crippen molar-refractivity contribution in [3.63, 3.8) is 0 Å². The lowest BCUT2D eigenvalue weighted by Crippen LogP contribution is -2.20. The summed E-state index contributed by atoms with van der Waals surface area (Å²) >= 11 is 0. The van der Waals surface area contributed by atoms with Crippen LogP contribution in [0.2, 0.25) is 0 Å². The lowest BCUT2D eigenvalue weighted by Gasteiger charge is -2.15. The van der Waals surface area contributed by atoms with Crippen LogP contribution in [0.5, 0.6) is 0 Å². The van der Waals surface area contributed by atoms with E-state index in [9.17, 15) is 10.1 Å². The second-order valence-corrected chi connectivity index (χ2v) is 4.98. The molecule has 1 N–H and O–H groups in total. The van der Waals surface area contributed by atoms with Gasteiger partial charge in [-0.05, 0) is 25.2 Å². The number of hydrogen-bond donors (Lipinski definition) is 1. The molecule has 1 aliphatic rings. The van der Waals surface area contributed by atoms with Gasteiger partial charge in [0.2, 0.25) is 5.95 Å². The molecule has 1 fully saturated rings. The maximum Gasteiger partial charge on any atom is 0.305 e. The van der Waals surface area contributed by atoms with Crippen molar-refractivity contribution in [3.05, 3.63) is 22.5 Å². The summed E-state index contributed by atoms with van der Waals surface area (Å²) in [6.45, 7) is 2.28. The molecular weight excluding hydrogens is 232 g/mol. The Kier molecular flexibility index (Phi) is 4.07. The van der Waals surface area contributed by atoms with Gasteiger partial charge >= 0.3 is 5.69 Å². The number of nitro groups is 1. The highest BCUT2D eigenvalue weighted by Gasteiger charge is 2.17. The summed E-state index contributed by atoms with van der Waals surface area (Å²) in [7, 11) is 0. The molecule has 6 nitrogen and oxygen atoms in total. The van der Waals surface area contributed by atoms with Crippen LogP contribution in [-0.2, 0) is 0 Å². The molecule has 1 aliphatic carbocycles. The third-order valence-corrected chi connectivity index (χ3v) is 3.44. The average molecular weight is 250 g/mol. The third kappa shape index (κ3) is 3.38. The molecule has 2 unspecified atom stereocenters. The first-order chi connectivity index (χ1) is 8.65. The van der Waals surface area contributed by atoms with Gasteiger partial charge in [-0.2, -0.15) is 0 Å². The van der Waals surface area contributed by atoms with E-state index in [4.69, 9.17) is 0 Å². The van der Waals surface area contributed by atoms with Crippen molar-refractivity contribution in [1.29, 1.82) is 0 Å². The van der Waals surface area contributed by atoms with Crippen LogP contribution in [0.15, 0.2) is 12.4 Å². The lowest BCUT2D eigenvalue weighted by molar-refractivity contribution is -0.385. The fraction of sp³-hybridized carbons (Fsp3) is 0.667. The maximum atomic E-state index is 10.5. The van der Waals surface area contributed by atoms with E-state index in [0.29, 0.717) is 12.0 Å². The molecule has 1 aromatic heterocycles. The van der Waals surface area contributed by atoms with Crippen LogP contribution in [0.25, 0.3) is 0 Å². The Bertz CT molecular complexity index is 407. The van der Waals surface area contributed by atoms with Crippen molar-refractivity contribution in [2.24, 2.45) is 5.92 Å². The molecule has 98 valence electrons. The predicted molar refractivity (Wildman–Crippen MR) is 68.3 cm³/mol. The van der Waals surface area contributed by atoms with Gasteiger partial charge in [0, 0.05) is 6.04 Å². The van der Waals surface area contributed by atoms with Crippen LogP contribution in [0.1, 0.15) is 39.0 Å². The molecule has 0 aromatic carbocycles. The Balaban J connectivity index is 1.94. The number of nitrogens with zero attached hydrogens (tertiary/aromatic N) is 3. The zero-order chi connectivity index (χ0) is 13.0. The van der Waals surface area contributed by atoms with Gasteiger partial charge in [0.15, 0.2) is 0 Å². The van der Waals surface area contributed by atoms with E-state index < -0.39 is 4.92 Å². The number of aromatic nitrogens is 2. The largest absolute Gasteiger partial charge is 0.351 e. The second kappa shape index (κ2) is 5.75. The molecular formula is C12H18N4O2. The minimum Gasteiger partial charge on any atom is -0.351 e. The molecule has 1 saturated carbocycles. The number of rotatable bonds is 3. The normalized spacial score (nSPS) is 24.3. The molecule has 2 rings (SSSR count). The monoisotopic (exact) mass is 250 g/mol. The molecule has 2 atom stereocenters. The van der Waals surface area contributed by atoms with Crippen LogP contribution in [0.3, 0.4) is 0 Å². The minimum absolute atomic E-state index is 0.0740. The summed E-state index contributed by atoms with van der Waals surface area (Å²) in [5.41, 5.74) is -0.0740. The van der Waals surface area contributed by atoms with E-state index in [-0.39, 0.29) is 5.69 Å². The topological polar surface area (TPSA) is 81.0 Å². The number of nitrogens with one attached hydrogen (secondary N) is 1. The van der Waals surface area contributed by atoms with E-state index in [1.54, 1.807) is 0 Å². The molecule has 0 aliphatic heterocycles. The zero-order valence-corrected chi connectivity index (χ0v) is 10.5. The first-order valence-corrected chi connectivity index (χ1v) is 6.38. The van der Waals surface area contributed by atoms with Crippen LogP contribution in [-0.4, -0.2) is 20.9 Å². The molecule has 18 heavy (non-hydrogen) atoms. The van der Waals surface area contributed by atoms with Gasteiger partial charge < -0.3 is 5.32 Å². The van der Waals surface area contributed by atoms with E-state index in [1.165, 1.54) is 31.7 Å². The van der Waals surface area contributed by atoms with E-state index in [2.05, 4.69) is 22.2 Å². The van der Waals surface area contributed by atoms with Crippen LogP contribution >= 0.6 is 0 Å². The molecule has 0 saturated heterocycles. The third-order valence-electron chi connectivity index (χ3n) is 3.44. The second-order valence-electron chi connectivity index (χ2n) is 4.98. The lowest BCUT2D eigenvalue weighted by atomic mass is 10.0. The van der Waals surface area contributed by atoms with Gasteiger partial charge in [0.05, 0.1) is 4.92 Å². The zero-order valence-electron chi connectivity index (χ0n) is 10.5. The summed E-state index contributed by atoms with van der Waals surface area (Å²) in [4.78, 5) is 18.0. The highest BCUT2D eigenvalue weighted by molar-refractivity contribution is 5.31. The Morgan fingerprint density at radius 1 is 1.28 bits per heavy atom. The van der Waals surface area contributed by atoms with Crippen LogP contribution < -0.4 is 5.32 Å². The minimum atomic E-state index is -0.489. The standard InChI is InChI=1S/C12H18N4O2/c1-9-3-2-4-10(6-5-9)15-12-13-7-11(8-14-12)16(17)18/h7-10H,2-6H2,1H3,(H,13,14,15). The van der Waals surface area contributed by atoms with Gasteiger partial charge in [-0.1, -0.05) is 19.8 Å². The predicted octanol–water partition coefficient (Wildman–Crippen LogP) is 2.77. The number of anilines is 1. The van der Waals surface area contributed by atoms with E-state index in [1.807, 2.05) is 0 Å². The van der Waals surface area contributed by atoms with Crippen molar-refractivity contribution < 1.29 is 4.92 Å². The maximum absolute atomic E-state index is 10.5. The highest BCUT2D eigenvalue weighted by atomic mass is 16.6. The Morgan fingerprint density at radius 2 is 2.00 bits per heavy atom. The van der Waals surface area contributed by atoms with E-state index in [0.717, 1.165) is 18.8 Å². The Morgan fingerprint density at radius 3 is 2.67 bits per heavy atom. The molecule has 0 amide bonds. The molecule has 6 heteroatoms. The molecule has 1 aromatic rings. The SMILES string of the molecule is CC1CCCC(Nc2ncc([N+](=O)[O-])cn2)CC1. The van der Waals surface area contributed by atoms with E-state index >= 15 is 0 Å². The molecule has 0 bridgehead atoms. The fourth-order valence-electron chi connectivity index (χ4n) is 2.30. The summed E-state index contributed by atoms with van der Waals surface area (Å²) in [5, 5.41) is 13.8. The van der Waals surface area contributed by atoms with Crippen molar-refractivity contribution in [2.75, 3.05) is 5.32 Å². The Labute approximate surface area is 106 Å². The van der Waals surface area contributed by atoms with Crippen LogP contribution in [0, 0.1) is 16.0 Å². The van der Waals surface area contributed by atoms with Gasteiger partial charge in [0.1, 0.15) is 12.4 Å². The summed E-state index contributed by atoms with van der Waals surface area (Å²) < 4.78 is 0. The van der Waals surface area contributed by atoms with Crippen molar-refractivity contribution in [1.82, 2.24) is 9.97 Å². The number of hydrogen-bond acceptors (Lipinski definition) is 5. The first-order valence-electron chi connectivity index (χ1n) is 6.38. The van der Waals surface area contributed by atoms with Gasteiger partial charge in [0.25, 0.3) is 0 Å². The molecule has 0 spiro atoms. The van der Waals surface area contributed by atoms with Crippen molar-refractivity contribution >= 4 is 11.6 Å². The summed E-state index contributed by atoms with van der Waals surface area (Å²) in [5.74, 6) is 1.27. The Hall–Kier alpha value is -1.72. The van der Waals surface area contributed by atoms with Gasteiger partial charge in [-0.3, -0.25) is 10.1 Å². The van der Waals surface area contributed by atoms with Crippen LogP contribution in [0.4, 0.5) is 11.6 Å².